The van der Waals surface area contributed by atoms with Crippen LogP contribution in [0.4, 0.5) is 0 Å². The van der Waals surface area contributed by atoms with Gasteiger partial charge in [-0.2, -0.15) is 0 Å². The molecule has 0 saturated carbocycles. The Morgan fingerprint density at radius 1 is 0.833 bits per heavy atom. The molecule has 98 valence electrons. The maximum absolute atomic E-state index is 4.69. The monoisotopic (exact) mass is 245 g/mol. The summed E-state index contributed by atoms with van der Waals surface area (Å²) < 4.78 is 2.21. The van der Waals surface area contributed by atoms with Crippen LogP contribution >= 0.6 is 0 Å². The molecule has 0 N–H and O–H groups in total. The van der Waals surface area contributed by atoms with E-state index < -0.39 is 0 Å². The summed E-state index contributed by atoms with van der Waals surface area (Å²) in [5.41, 5.74) is 6.12. The van der Waals surface area contributed by atoms with Gasteiger partial charge in [0.25, 0.3) is 0 Å². The van der Waals surface area contributed by atoms with Gasteiger partial charge in [0.05, 0.1) is 5.69 Å². The zero-order valence-corrected chi connectivity index (χ0v) is 12.5. The molecule has 0 atom stereocenters. The second-order valence-electron chi connectivity index (χ2n) is 5.72. The Labute approximate surface area is 109 Å². The van der Waals surface area contributed by atoms with Crippen molar-refractivity contribution in [2.75, 3.05) is 0 Å². The minimum absolute atomic E-state index is 0.439. The highest BCUT2D eigenvalue weighted by atomic mass is 15.1. The molecule has 3 nitrogen and oxygen atoms in total. The lowest BCUT2D eigenvalue weighted by Gasteiger charge is -2.15. The van der Waals surface area contributed by atoms with E-state index in [1.165, 1.54) is 17.0 Å². The van der Waals surface area contributed by atoms with E-state index in [-0.39, 0.29) is 0 Å². The minimum Gasteiger partial charge on any atom is -0.285 e. The summed E-state index contributed by atoms with van der Waals surface area (Å²) >= 11 is 0. The van der Waals surface area contributed by atoms with E-state index in [9.17, 15) is 0 Å². The topological polar surface area (TPSA) is 30.2 Å². The molecule has 2 aromatic heterocycles. The summed E-state index contributed by atoms with van der Waals surface area (Å²) in [5, 5.41) is 0. The van der Waals surface area contributed by atoms with Crippen LogP contribution in [0.25, 0.3) is 5.78 Å². The molecular weight excluding hydrogens is 222 g/mol. The maximum Gasteiger partial charge on any atom is 0.234 e. The SMILES string of the molecule is Cc1nc2nc(C(C)C)c(C)n2c(C)c1C(C)C. The summed E-state index contributed by atoms with van der Waals surface area (Å²) in [7, 11) is 0. The predicted molar refractivity (Wildman–Crippen MR) is 75.4 cm³/mol. The summed E-state index contributed by atoms with van der Waals surface area (Å²) in [4.78, 5) is 9.36. The van der Waals surface area contributed by atoms with Crippen LogP contribution in [0, 0.1) is 20.8 Å². The molecule has 0 aliphatic carbocycles. The number of aryl methyl sites for hydroxylation is 3. The first-order valence-corrected chi connectivity index (χ1v) is 6.70. The standard InChI is InChI=1S/C15H23N3/c1-8(2)13-10(5)16-15-17-14(9(3)4)12(7)18(15)11(13)6/h8-9H,1-7H3. The molecule has 18 heavy (non-hydrogen) atoms. The highest BCUT2D eigenvalue weighted by Crippen LogP contribution is 2.26. The van der Waals surface area contributed by atoms with Crippen molar-refractivity contribution in [3.63, 3.8) is 0 Å². The molecule has 0 bridgehead atoms. The first-order chi connectivity index (χ1) is 8.34. The van der Waals surface area contributed by atoms with Gasteiger partial charge < -0.3 is 0 Å². The van der Waals surface area contributed by atoms with Crippen LogP contribution < -0.4 is 0 Å². The Kier molecular flexibility index (Phi) is 3.18. The van der Waals surface area contributed by atoms with Crippen molar-refractivity contribution in [3.05, 3.63) is 28.3 Å². The largest absolute Gasteiger partial charge is 0.285 e. The van der Waals surface area contributed by atoms with Gasteiger partial charge in [0.15, 0.2) is 0 Å². The van der Waals surface area contributed by atoms with E-state index in [0.717, 1.165) is 17.2 Å². The van der Waals surface area contributed by atoms with Crippen molar-refractivity contribution in [2.45, 2.75) is 60.3 Å². The van der Waals surface area contributed by atoms with E-state index in [1.54, 1.807) is 0 Å². The number of imidazole rings is 1. The summed E-state index contributed by atoms with van der Waals surface area (Å²) in [6, 6.07) is 0. The van der Waals surface area contributed by atoms with Crippen LogP contribution in [-0.2, 0) is 0 Å². The lowest BCUT2D eigenvalue weighted by atomic mass is 10.00. The van der Waals surface area contributed by atoms with Gasteiger partial charge in [0.2, 0.25) is 5.78 Å². The fourth-order valence-corrected chi connectivity index (χ4v) is 2.95. The molecule has 2 rings (SSSR count). The smallest absolute Gasteiger partial charge is 0.234 e. The molecule has 0 fully saturated rings. The Bertz CT molecular complexity index is 592. The third kappa shape index (κ3) is 1.82. The molecule has 0 amide bonds. The normalized spacial score (nSPS) is 12.1. The van der Waals surface area contributed by atoms with Crippen molar-refractivity contribution in [1.29, 1.82) is 0 Å². The molecule has 0 aliphatic heterocycles. The van der Waals surface area contributed by atoms with Gasteiger partial charge in [0.1, 0.15) is 0 Å². The van der Waals surface area contributed by atoms with Crippen LogP contribution in [0.2, 0.25) is 0 Å². The fraction of sp³-hybridized carbons (Fsp3) is 0.600. The first kappa shape index (κ1) is 13.1. The number of rotatable bonds is 2. The van der Waals surface area contributed by atoms with Gasteiger partial charge in [0, 0.05) is 17.1 Å². The Morgan fingerprint density at radius 2 is 1.44 bits per heavy atom. The van der Waals surface area contributed by atoms with E-state index in [1.807, 2.05) is 0 Å². The zero-order chi connectivity index (χ0) is 13.6. The molecule has 3 heteroatoms. The van der Waals surface area contributed by atoms with Crippen molar-refractivity contribution in [1.82, 2.24) is 14.4 Å². The van der Waals surface area contributed by atoms with Crippen LogP contribution in [0.5, 0.6) is 0 Å². The highest BCUT2D eigenvalue weighted by molar-refractivity contribution is 5.44. The zero-order valence-electron chi connectivity index (χ0n) is 12.5. The van der Waals surface area contributed by atoms with Crippen molar-refractivity contribution < 1.29 is 0 Å². The van der Waals surface area contributed by atoms with Gasteiger partial charge in [-0.25, -0.2) is 9.97 Å². The average Bonchev–Trinajstić information content (AvgIpc) is 2.55. The van der Waals surface area contributed by atoms with E-state index in [4.69, 9.17) is 0 Å². The molecule has 0 aromatic carbocycles. The van der Waals surface area contributed by atoms with Gasteiger partial charge in [-0.3, -0.25) is 4.40 Å². The molecule has 0 radical (unpaired) electrons. The number of nitrogens with zero attached hydrogens (tertiary/aromatic N) is 3. The quantitative estimate of drug-likeness (QED) is 0.803. The molecular formula is C15H23N3. The number of hydrogen-bond donors (Lipinski definition) is 0. The van der Waals surface area contributed by atoms with Gasteiger partial charge in [-0.1, -0.05) is 27.7 Å². The fourth-order valence-electron chi connectivity index (χ4n) is 2.95. The summed E-state index contributed by atoms with van der Waals surface area (Å²) in [5.74, 6) is 1.77. The third-order valence-corrected chi connectivity index (χ3v) is 3.63. The molecule has 0 saturated heterocycles. The minimum atomic E-state index is 0.439. The lowest BCUT2D eigenvalue weighted by molar-refractivity contribution is 0.797. The Hall–Kier alpha value is -1.38. The first-order valence-electron chi connectivity index (χ1n) is 6.70. The van der Waals surface area contributed by atoms with E-state index in [0.29, 0.717) is 11.8 Å². The van der Waals surface area contributed by atoms with Gasteiger partial charge in [-0.15, -0.1) is 0 Å². The van der Waals surface area contributed by atoms with Crippen LogP contribution in [0.15, 0.2) is 0 Å². The van der Waals surface area contributed by atoms with Crippen LogP contribution in [-0.4, -0.2) is 14.4 Å². The van der Waals surface area contributed by atoms with Crippen LogP contribution in [0.3, 0.4) is 0 Å². The number of hydrogen-bond acceptors (Lipinski definition) is 2. The summed E-state index contributed by atoms with van der Waals surface area (Å²) in [6.07, 6.45) is 0. The molecule has 0 unspecified atom stereocenters. The number of aromatic nitrogens is 3. The molecule has 2 aromatic rings. The van der Waals surface area contributed by atoms with Gasteiger partial charge >= 0.3 is 0 Å². The maximum atomic E-state index is 4.69. The lowest BCUT2D eigenvalue weighted by Crippen LogP contribution is -2.07. The summed E-state index contributed by atoms with van der Waals surface area (Å²) in [6.45, 7) is 15.2. The predicted octanol–water partition coefficient (Wildman–Crippen LogP) is 3.90. The second-order valence-corrected chi connectivity index (χ2v) is 5.72. The van der Waals surface area contributed by atoms with Crippen LogP contribution in [0.1, 0.15) is 67.9 Å². The Morgan fingerprint density at radius 3 is 1.94 bits per heavy atom. The van der Waals surface area contributed by atoms with Crippen molar-refractivity contribution in [3.8, 4) is 0 Å². The average molecular weight is 245 g/mol. The molecule has 0 aliphatic rings. The molecule has 2 heterocycles. The van der Waals surface area contributed by atoms with E-state index >= 15 is 0 Å². The van der Waals surface area contributed by atoms with Crippen molar-refractivity contribution >= 4 is 5.78 Å². The second kappa shape index (κ2) is 4.38. The Balaban J connectivity index is 2.85. The number of fused-ring (bicyclic) bond motifs is 1. The van der Waals surface area contributed by atoms with Gasteiger partial charge in [-0.05, 0) is 38.2 Å². The third-order valence-electron chi connectivity index (χ3n) is 3.63. The van der Waals surface area contributed by atoms with Crippen molar-refractivity contribution in [2.24, 2.45) is 0 Å². The highest BCUT2D eigenvalue weighted by Gasteiger charge is 2.18. The van der Waals surface area contributed by atoms with E-state index in [2.05, 4.69) is 62.8 Å². The molecule has 0 spiro atoms.